The van der Waals surface area contributed by atoms with Crippen LogP contribution in [0.25, 0.3) is 0 Å². The normalized spacial score (nSPS) is 14.3. The minimum absolute atomic E-state index is 0.0615. The van der Waals surface area contributed by atoms with Gasteiger partial charge in [0.1, 0.15) is 0 Å². The van der Waals surface area contributed by atoms with Crippen molar-refractivity contribution in [2.24, 2.45) is 0 Å². The number of fused-ring (bicyclic) bond motifs is 1. The monoisotopic (exact) mass is 251 g/mol. The lowest BCUT2D eigenvalue weighted by Gasteiger charge is -2.07. The van der Waals surface area contributed by atoms with E-state index in [9.17, 15) is 4.79 Å². The molecule has 5 nitrogen and oxygen atoms in total. The molecule has 1 atom stereocenters. The molecule has 0 bridgehead atoms. The smallest absolute Gasteiger partial charge is 0.231 e. The molecule has 0 unspecified atom stereocenters. The Hall–Kier alpha value is -1.75. The zero-order valence-electron chi connectivity index (χ0n) is 10.3. The molecular weight excluding hydrogens is 234 g/mol. The van der Waals surface area contributed by atoms with Crippen molar-refractivity contribution in [3.63, 3.8) is 0 Å². The highest BCUT2D eigenvalue weighted by atomic mass is 16.7. The van der Waals surface area contributed by atoms with E-state index in [-0.39, 0.29) is 12.7 Å². The maximum atomic E-state index is 11.5. The molecule has 1 amide bonds. The number of rotatable bonds is 5. The van der Waals surface area contributed by atoms with Crippen LogP contribution in [0.15, 0.2) is 18.2 Å². The van der Waals surface area contributed by atoms with E-state index in [4.69, 9.17) is 14.6 Å². The number of carbonyl (C=O) groups is 1. The first kappa shape index (κ1) is 12.7. The summed E-state index contributed by atoms with van der Waals surface area (Å²) < 4.78 is 10.5. The molecule has 0 saturated carbocycles. The quantitative estimate of drug-likeness (QED) is 0.814. The number of hydrogen-bond acceptors (Lipinski definition) is 4. The van der Waals surface area contributed by atoms with Gasteiger partial charge < -0.3 is 19.9 Å². The Balaban J connectivity index is 1.81. The van der Waals surface area contributed by atoms with Gasteiger partial charge in [-0.3, -0.25) is 4.79 Å². The molecule has 0 fully saturated rings. The second-order valence-electron chi connectivity index (χ2n) is 4.34. The average molecular weight is 251 g/mol. The molecule has 0 radical (unpaired) electrons. The van der Waals surface area contributed by atoms with Crippen molar-refractivity contribution in [1.29, 1.82) is 0 Å². The van der Waals surface area contributed by atoms with Crippen LogP contribution in [0.5, 0.6) is 11.5 Å². The van der Waals surface area contributed by atoms with E-state index in [0.29, 0.717) is 19.4 Å². The summed E-state index contributed by atoms with van der Waals surface area (Å²) in [5.74, 6) is 1.42. The number of aliphatic hydroxyl groups excluding tert-OH is 1. The highest BCUT2D eigenvalue weighted by Gasteiger charge is 2.13. The van der Waals surface area contributed by atoms with Gasteiger partial charge in [-0.1, -0.05) is 6.07 Å². The fourth-order valence-electron chi connectivity index (χ4n) is 1.70. The van der Waals surface area contributed by atoms with Crippen molar-refractivity contribution >= 4 is 5.91 Å². The molecule has 1 aliphatic heterocycles. The van der Waals surface area contributed by atoms with Gasteiger partial charge in [-0.25, -0.2) is 0 Å². The molecule has 98 valence electrons. The number of ether oxygens (including phenoxy) is 2. The van der Waals surface area contributed by atoms with Gasteiger partial charge in [0.2, 0.25) is 12.7 Å². The standard InChI is InChI=1S/C13H17NO4/c1-9(15)7-14-13(16)5-3-10-2-4-11-12(6-10)18-8-17-11/h2,4,6,9,15H,3,5,7-8H2,1H3,(H,14,16)/t9-/m0/s1. The van der Waals surface area contributed by atoms with Gasteiger partial charge in [0, 0.05) is 13.0 Å². The molecule has 0 aromatic heterocycles. The summed E-state index contributed by atoms with van der Waals surface area (Å²) in [6.07, 6.45) is 0.522. The van der Waals surface area contributed by atoms with Crippen LogP contribution in [0, 0.1) is 0 Å². The number of aliphatic hydroxyl groups is 1. The first-order valence-corrected chi connectivity index (χ1v) is 5.98. The number of hydrogen-bond donors (Lipinski definition) is 2. The summed E-state index contributed by atoms with van der Waals surface area (Å²) in [4.78, 5) is 11.5. The van der Waals surface area contributed by atoms with Crippen LogP contribution in [-0.4, -0.2) is 30.5 Å². The maximum Gasteiger partial charge on any atom is 0.231 e. The lowest BCUT2D eigenvalue weighted by atomic mass is 10.1. The highest BCUT2D eigenvalue weighted by molar-refractivity contribution is 5.76. The largest absolute Gasteiger partial charge is 0.454 e. The van der Waals surface area contributed by atoms with Gasteiger partial charge in [-0.05, 0) is 31.0 Å². The second kappa shape index (κ2) is 5.73. The minimum Gasteiger partial charge on any atom is -0.454 e. The van der Waals surface area contributed by atoms with E-state index >= 15 is 0 Å². The van der Waals surface area contributed by atoms with Gasteiger partial charge in [-0.15, -0.1) is 0 Å². The van der Waals surface area contributed by atoms with Gasteiger partial charge in [-0.2, -0.15) is 0 Å². The third-order valence-corrected chi connectivity index (χ3v) is 2.67. The van der Waals surface area contributed by atoms with E-state index in [1.54, 1.807) is 6.92 Å². The third kappa shape index (κ3) is 3.37. The number of nitrogens with one attached hydrogen (secondary N) is 1. The highest BCUT2D eigenvalue weighted by Crippen LogP contribution is 2.32. The van der Waals surface area contributed by atoms with Crippen LogP contribution < -0.4 is 14.8 Å². The molecule has 0 saturated heterocycles. The van der Waals surface area contributed by atoms with Crippen molar-refractivity contribution in [1.82, 2.24) is 5.32 Å². The number of aryl methyl sites for hydroxylation is 1. The number of benzene rings is 1. The second-order valence-corrected chi connectivity index (χ2v) is 4.34. The summed E-state index contributed by atoms with van der Waals surface area (Å²) in [6, 6.07) is 5.67. The lowest BCUT2D eigenvalue weighted by Crippen LogP contribution is -2.30. The first-order chi connectivity index (χ1) is 8.65. The summed E-state index contributed by atoms with van der Waals surface area (Å²) in [5, 5.41) is 11.7. The Morgan fingerprint density at radius 3 is 3.00 bits per heavy atom. The van der Waals surface area contributed by atoms with Crippen molar-refractivity contribution in [3.8, 4) is 11.5 Å². The Kier molecular flexibility index (Phi) is 4.04. The van der Waals surface area contributed by atoms with Crippen LogP contribution in [0.4, 0.5) is 0 Å². The van der Waals surface area contributed by atoms with Crippen LogP contribution in [0.1, 0.15) is 18.9 Å². The molecule has 2 N–H and O–H groups in total. The van der Waals surface area contributed by atoms with E-state index in [2.05, 4.69) is 5.32 Å². The van der Waals surface area contributed by atoms with Crippen molar-refractivity contribution in [2.45, 2.75) is 25.9 Å². The molecule has 1 aromatic rings. The molecule has 5 heteroatoms. The SMILES string of the molecule is C[C@H](O)CNC(=O)CCc1ccc2c(c1)OCO2. The van der Waals surface area contributed by atoms with Gasteiger partial charge >= 0.3 is 0 Å². The van der Waals surface area contributed by atoms with Crippen LogP contribution in [-0.2, 0) is 11.2 Å². The zero-order valence-corrected chi connectivity index (χ0v) is 10.3. The van der Waals surface area contributed by atoms with Crippen molar-refractivity contribution in [2.75, 3.05) is 13.3 Å². The molecule has 1 aromatic carbocycles. The first-order valence-electron chi connectivity index (χ1n) is 5.98. The average Bonchev–Trinajstić information content (AvgIpc) is 2.81. The van der Waals surface area contributed by atoms with Gasteiger partial charge in [0.25, 0.3) is 0 Å². The lowest BCUT2D eigenvalue weighted by molar-refractivity contribution is -0.121. The van der Waals surface area contributed by atoms with Crippen molar-refractivity contribution in [3.05, 3.63) is 23.8 Å². The van der Waals surface area contributed by atoms with E-state index in [1.807, 2.05) is 18.2 Å². The molecule has 1 aliphatic rings. The fourth-order valence-corrected chi connectivity index (χ4v) is 1.70. The topological polar surface area (TPSA) is 67.8 Å². The van der Waals surface area contributed by atoms with E-state index in [0.717, 1.165) is 17.1 Å². The molecule has 0 spiro atoms. The Bertz CT molecular complexity index is 431. The maximum absolute atomic E-state index is 11.5. The zero-order chi connectivity index (χ0) is 13.0. The van der Waals surface area contributed by atoms with Gasteiger partial charge in [0.05, 0.1) is 6.10 Å². The van der Waals surface area contributed by atoms with Crippen LogP contribution >= 0.6 is 0 Å². The number of carbonyl (C=O) groups excluding carboxylic acids is 1. The third-order valence-electron chi connectivity index (χ3n) is 2.67. The van der Waals surface area contributed by atoms with E-state index < -0.39 is 6.10 Å². The van der Waals surface area contributed by atoms with Crippen LogP contribution in [0.3, 0.4) is 0 Å². The predicted octanol–water partition coefficient (Wildman–Crippen LogP) is 0.845. The Morgan fingerprint density at radius 2 is 2.22 bits per heavy atom. The summed E-state index contributed by atoms with van der Waals surface area (Å²) >= 11 is 0. The molecular formula is C13H17NO4. The molecule has 0 aliphatic carbocycles. The molecule has 2 rings (SSSR count). The Labute approximate surface area is 106 Å². The Morgan fingerprint density at radius 1 is 1.44 bits per heavy atom. The number of amides is 1. The van der Waals surface area contributed by atoms with Crippen molar-refractivity contribution < 1.29 is 19.4 Å². The fraction of sp³-hybridized carbons (Fsp3) is 0.462. The molecule has 18 heavy (non-hydrogen) atoms. The van der Waals surface area contributed by atoms with Crippen LogP contribution in [0.2, 0.25) is 0 Å². The van der Waals surface area contributed by atoms with Gasteiger partial charge in [0.15, 0.2) is 11.5 Å². The summed E-state index contributed by atoms with van der Waals surface area (Å²) in [5.41, 5.74) is 1.03. The summed E-state index contributed by atoms with van der Waals surface area (Å²) in [7, 11) is 0. The van der Waals surface area contributed by atoms with E-state index in [1.165, 1.54) is 0 Å². The predicted molar refractivity (Wildman–Crippen MR) is 65.6 cm³/mol. The summed E-state index contributed by atoms with van der Waals surface area (Å²) in [6.45, 7) is 2.19. The minimum atomic E-state index is -0.514. The molecule has 1 heterocycles.